The van der Waals surface area contributed by atoms with Crippen LogP contribution in [0.5, 0.6) is 0 Å². The molecule has 2 saturated carbocycles. The van der Waals surface area contributed by atoms with Crippen LogP contribution >= 0.6 is 11.8 Å². The number of carbonyl (C=O) groups is 1. The number of carboxylic acids is 1. The molecule has 1 aromatic rings. The molecule has 0 radical (unpaired) electrons. The van der Waals surface area contributed by atoms with Crippen molar-refractivity contribution in [3.63, 3.8) is 0 Å². The first-order chi connectivity index (χ1) is 25.5. The van der Waals surface area contributed by atoms with Gasteiger partial charge in [-0.2, -0.15) is 57.1 Å². The molecular weight excluding hydrogens is 791 g/mol. The van der Waals surface area contributed by atoms with E-state index in [4.69, 9.17) is 14.2 Å². The Morgan fingerprint density at radius 2 is 1.45 bits per heavy atom. The Morgan fingerprint density at radius 3 is 2.04 bits per heavy atom. The van der Waals surface area contributed by atoms with Crippen molar-refractivity contribution in [2.45, 2.75) is 80.1 Å². The molecule has 1 aromatic carbocycles. The summed E-state index contributed by atoms with van der Waals surface area (Å²) in [5.41, 5.74) is 0.948. The van der Waals surface area contributed by atoms with Crippen LogP contribution in [-0.4, -0.2) is 91.4 Å². The van der Waals surface area contributed by atoms with E-state index in [1.807, 2.05) is 30.3 Å². The minimum Gasteiger partial charge on any atom is -0.502 e. The highest BCUT2D eigenvalue weighted by Crippen LogP contribution is 2.63. The van der Waals surface area contributed by atoms with E-state index in [1.54, 1.807) is 6.08 Å². The summed E-state index contributed by atoms with van der Waals surface area (Å²) in [7, 11) is 1.46. The molecule has 19 heteroatoms. The summed E-state index contributed by atoms with van der Waals surface area (Å²) < 4.78 is 199. The molecule has 0 heterocycles. The number of carboxylic acid groups (broad SMARTS) is 1. The Hall–Kier alpha value is -2.67. The van der Waals surface area contributed by atoms with Crippen molar-refractivity contribution in [3.05, 3.63) is 60.4 Å². The zero-order valence-electron chi connectivity index (χ0n) is 29.7. The summed E-state index contributed by atoms with van der Waals surface area (Å²) in [6, 6.07) is 9.25. The van der Waals surface area contributed by atoms with Crippen LogP contribution in [0, 0.1) is 35.5 Å². The first-order valence-corrected chi connectivity index (χ1v) is 18.4. The number of allylic oxidation sites excluding steroid dienone is 3. The van der Waals surface area contributed by atoms with Crippen LogP contribution in [0.4, 0.5) is 57.1 Å². The lowest BCUT2D eigenvalue weighted by molar-refractivity contribution is -0.443. The molecule has 7 atom stereocenters. The van der Waals surface area contributed by atoms with Crippen molar-refractivity contribution >= 4 is 17.7 Å². The molecule has 0 amide bonds. The van der Waals surface area contributed by atoms with Crippen molar-refractivity contribution in [3.8, 4) is 0 Å². The monoisotopic (exact) mass is 834 g/mol. The molecule has 5 nitrogen and oxygen atoms in total. The smallest absolute Gasteiger partial charge is 0.460 e. The number of rotatable bonds is 21. The molecular formula is C36H43F13O5S. The summed E-state index contributed by atoms with van der Waals surface area (Å²) in [4.78, 5) is 11.5. The summed E-state index contributed by atoms with van der Waals surface area (Å²) in [6.07, 6.45) is -2.91. The van der Waals surface area contributed by atoms with Crippen molar-refractivity contribution in [2.75, 3.05) is 39.3 Å². The van der Waals surface area contributed by atoms with Crippen molar-refractivity contribution in [2.24, 2.45) is 35.5 Å². The summed E-state index contributed by atoms with van der Waals surface area (Å²) in [5, 5.41) is 9.20. The molecule has 3 rings (SSSR count). The summed E-state index contributed by atoms with van der Waals surface area (Å²) >= 11 is 1.24. The van der Waals surface area contributed by atoms with E-state index < -0.39 is 72.4 Å². The van der Waals surface area contributed by atoms with Gasteiger partial charge in [-0.05, 0) is 80.3 Å². The van der Waals surface area contributed by atoms with Gasteiger partial charge in [-0.25, -0.2) is 0 Å². The Balaban J connectivity index is 1.93. The van der Waals surface area contributed by atoms with Crippen molar-refractivity contribution in [1.82, 2.24) is 0 Å². The predicted molar refractivity (Wildman–Crippen MR) is 177 cm³/mol. The second-order valence-electron chi connectivity index (χ2n) is 13.7. The average molecular weight is 835 g/mol. The number of thioether (sulfide) groups is 1. The number of hydrogen-bond acceptors (Lipinski definition) is 5. The first kappa shape index (κ1) is 46.7. The Morgan fingerprint density at radius 1 is 0.818 bits per heavy atom. The highest BCUT2D eigenvalue weighted by molar-refractivity contribution is 8.00. The third kappa shape index (κ3) is 10.4. The zero-order valence-corrected chi connectivity index (χ0v) is 30.5. The second kappa shape index (κ2) is 18.7. The molecule has 2 aliphatic rings. The van der Waals surface area contributed by atoms with Gasteiger partial charge in [0, 0.05) is 18.3 Å². The molecule has 0 spiro atoms. The minimum absolute atomic E-state index is 0.0622. The summed E-state index contributed by atoms with van der Waals surface area (Å²) in [6.45, 7) is 2.06. The molecule has 314 valence electrons. The van der Waals surface area contributed by atoms with Crippen LogP contribution in [0.15, 0.2) is 54.8 Å². The van der Waals surface area contributed by atoms with Gasteiger partial charge in [-0.3, -0.25) is 4.79 Å². The van der Waals surface area contributed by atoms with Gasteiger partial charge >= 0.3 is 41.8 Å². The minimum atomic E-state index is -7.97. The van der Waals surface area contributed by atoms with E-state index in [-0.39, 0.29) is 55.2 Å². The Kier molecular flexibility index (Phi) is 15.9. The Labute approximate surface area is 314 Å². The van der Waals surface area contributed by atoms with Gasteiger partial charge in [0.05, 0.1) is 38.4 Å². The van der Waals surface area contributed by atoms with Gasteiger partial charge in [-0.1, -0.05) is 42.5 Å². The molecule has 7 unspecified atom stereocenters. The lowest BCUT2D eigenvalue weighted by atomic mass is 9.82. The number of alkyl halides is 13. The first-order valence-electron chi connectivity index (χ1n) is 17.3. The second-order valence-corrected chi connectivity index (χ2v) is 15.0. The van der Waals surface area contributed by atoms with Gasteiger partial charge in [0.2, 0.25) is 0 Å². The molecule has 0 aromatic heterocycles. The van der Waals surface area contributed by atoms with Crippen LogP contribution in [0.25, 0.3) is 0 Å². The fraction of sp³-hybridized carbons (Fsp3) is 0.694. The molecule has 2 aliphatic carbocycles. The highest BCUT2D eigenvalue weighted by atomic mass is 32.2. The van der Waals surface area contributed by atoms with Crippen LogP contribution in [0.1, 0.15) is 38.2 Å². The van der Waals surface area contributed by atoms with Gasteiger partial charge in [0.15, 0.2) is 0 Å². The molecule has 1 N–H and O–H groups in total. The number of methoxy groups -OCH3 is 1. The number of benzene rings is 1. The third-order valence-corrected chi connectivity index (χ3v) is 11.5. The van der Waals surface area contributed by atoms with Gasteiger partial charge in [-0.15, -0.1) is 11.8 Å². The van der Waals surface area contributed by atoms with Crippen molar-refractivity contribution < 1.29 is 81.2 Å². The molecule has 2 fully saturated rings. The van der Waals surface area contributed by atoms with Crippen molar-refractivity contribution in [1.29, 1.82) is 0 Å². The van der Waals surface area contributed by atoms with Gasteiger partial charge in [0.1, 0.15) is 0 Å². The quantitative estimate of drug-likeness (QED) is 0.0576. The van der Waals surface area contributed by atoms with Crippen LogP contribution in [0.3, 0.4) is 0 Å². The fourth-order valence-electron chi connectivity index (χ4n) is 7.16. The SMILES string of the molecule is CCO/C=C\C1CC(/C=C/C2CC(C(Cc3ccccc3)SCC(=O)O)CC2COCCOC)CC1C(F)(F)C(F)(F)C(F)(F)C(F)(F)C(F)(F)C(F)(F)F. The largest absolute Gasteiger partial charge is 0.502 e. The molecule has 0 bridgehead atoms. The number of aliphatic carboxylic acids is 1. The lowest BCUT2D eigenvalue weighted by Gasteiger charge is -2.42. The molecule has 55 heavy (non-hydrogen) atoms. The fourth-order valence-corrected chi connectivity index (χ4v) is 8.32. The van der Waals surface area contributed by atoms with Crippen LogP contribution < -0.4 is 0 Å². The molecule has 0 aliphatic heterocycles. The maximum atomic E-state index is 15.5. The standard InChI is InChI=1S/C36H43F13O5S/c1-3-53-12-11-25-15-23(16-28(25)31(37,38)32(39,40)33(41,42)34(43,44)35(45,46)36(47,48)49)9-10-24-18-26(19-27(24)20-54-14-13-52-2)29(55-21-30(50)51)17-22-7-5-4-6-8-22/h4-12,23-29H,3,13-21H2,1-2H3,(H,50,51)/b10-9+,12-11-. The maximum absolute atomic E-state index is 15.5. The van der Waals surface area contributed by atoms with E-state index in [0.717, 1.165) is 17.9 Å². The number of halogens is 13. The van der Waals surface area contributed by atoms with E-state index >= 15 is 8.78 Å². The predicted octanol–water partition coefficient (Wildman–Crippen LogP) is 10.2. The van der Waals surface area contributed by atoms with E-state index in [1.165, 1.54) is 31.9 Å². The molecule has 0 saturated heterocycles. The maximum Gasteiger partial charge on any atom is 0.460 e. The van der Waals surface area contributed by atoms with E-state index in [0.29, 0.717) is 19.3 Å². The lowest BCUT2D eigenvalue weighted by Crippen LogP contribution is -2.71. The van der Waals surface area contributed by atoms with Gasteiger partial charge in [0.25, 0.3) is 0 Å². The summed E-state index contributed by atoms with van der Waals surface area (Å²) in [5.74, 6) is -44.9. The van der Waals surface area contributed by atoms with Gasteiger partial charge < -0.3 is 19.3 Å². The zero-order chi connectivity index (χ0) is 41.5. The number of hydrogen-bond donors (Lipinski definition) is 1. The third-order valence-electron chi connectivity index (χ3n) is 10.1. The van der Waals surface area contributed by atoms with Crippen LogP contribution in [0.2, 0.25) is 0 Å². The van der Waals surface area contributed by atoms with E-state index in [2.05, 4.69) is 0 Å². The topological polar surface area (TPSA) is 65.0 Å². The Bertz CT molecular complexity index is 1420. The highest BCUT2D eigenvalue weighted by Gasteiger charge is 2.91. The number of ether oxygens (including phenoxy) is 3. The normalized spacial score (nSPS) is 25.3. The van der Waals surface area contributed by atoms with E-state index in [9.17, 15) is 58.2 Å². The average Bonchev–Trinajstić information content (AvgIpc) is 3.71. The van der Waals surface area contributed by atoms with Crippen LogP contribution in [-0.2, 0) is 25.4 Å².